The molecule has 0 aromatic heterocycles. The van der Waals surface area contributed by atoms with Crippen molar-refractivity contribution in [3.8, 4) is 0 Å². The van der Waals surface area contributed by atoms with Gasteiger partial charge in [-0.15, -0.1) is 0 Å². The minimum absolute atomic E-state index is 0.490. The number of likely N-dealkylation sites (N-methyl/N-ethyl adjacent to an activating group) is 1. The predicted octanol–water partition coefficient (Wildman–Crippen LogP) is 1.89. The fourth-order valence-electron chi connectivity index (χ4n) is 2.85. The maximum Gasteiger partial charge on any atom is 0.0357 e. The lowest BCUT2D eigenvalue weighted by Crippen LogP contribution is -2.50. The molecule has 0 amide bonds. The van der Waals surface area contributed by atoms with Gasteiger partial charge in [0, 0.05) is 31.7 Å². The molecule has 1 heterocycles. The molecule has 0 bridgehead atoms. The van der Waals surface area contributed by atoms with Crippen LogP contribution in [0.1, 0.15) is 23.6 Å². The van der Waals surface area contributed by atoms with Crippen molar-refractivity contribution in [2.75, 3.05) is 40.8 Å². The van der Waals surface area contributed by atoms with Crippen LogP contribution in [0.25, 0.3) is 0 Å². The molecule has 1 aromatic carbocycles. The molecule has 106 valence electrons. The predicted molar refractivity (Wildman–Crippen MR) is 81.5 cm³/mol. The molecule has 0 aliphatic carbocycles. The van der Waals surface area contributed by atoms with Crippen LogP contribution in [0.15, 0.2) is 24.3 Å². The van der Waals surface area contributed by atoms with Crippen LogP contribution < -0.4 is 5.32 Å². The van der Waals surface area contributed by atoms with Crippen LogP contribution in [0.2, 0.25) is 0 Å². The van der Waals surface area contributed by atoms with E-state index in [9.17, 15) is 0 Å². The first-order valence-electron chi connectivity index (χ1n) is 7.21. The second-order valence-electron chi connectivity index (χ2n) is 6.04. The Morgan fingerprint density at radius 3 is 2.58 bits per heavy atom. The number of aryl methyl sites for hydroxylation is 1. The van der Waals surface area contributed by atoms with Crippen LogP contribution in [0.3, 0.4) is 0 Å². The Morgan fingerprint density at radius 2 is 2.00 bits per heavy atom. The van der Waals surface area contributed by atoms with E-state index in [1.165, 1.54) is 17.5 Å². The van der Waals surface area contributed by atoms with E-state index in [0.717, 1.165) is 19.6 Å². The van der Waals surface area contributed by atoms with Crippen LogP contribution in [0.5, 0.6) is 0 Å². The average molecular weight is 261 g/mol. The molecule has 0 saturated carbocycles. The summed E-state index contributed by atoms with van der Waals surface area (Å²) in [6.45, 7) is 5.56. The number of nitrogens with one attached hydrogen (secondary N) is 1. The highest BCUT2D eigenvalue weighted by molar-refractivity contribution is 5.24. The van der Waals surface area contributed by atoms with E-state index >= 15 is 0 Å². The topological polar surface area (TPSA) is 18.5 Å². The fourth-order valence-corrected chi connectivity index (χ4v) is 2.85. The molecule has 2 rings (SSSR count). The van der Waals surface area contributed by atoms with E-state index in [-0.39, 0.29) is 0 Å². The van der Waals surface area contributed by atoms with Crippen LogP contribution >= 0.6 is 0 Å². The number of hydrogen-bond acceptors (Lipinski definition) is 3. The molecule has 1 N–H and O–H groups in total. The first-order chi connectivity index (χ1) is 9.06. The van der Waals surface area contributed by atoms with E-state index in [4.69, 9.17) is 0 Å². The Balaban J connectivity index is 2.05. The third-order valence-electron chi connectivity index (χ3n) is 4.05. The first-order valence-corrected chi connectivity index (χ1v) is 7.21. The highest BCUT2D eigenvalue weighted by Gasteiger charge is 2.23. The van der Waals surface area contributed by atoms with Crippen LogP contribution in [0, 0.1) is 6.92 Å². The van der Waals surface area contributed by atoms with Crippen molar-refractivity contribution in [1.82, 2.24) is 15.1 Å². The monoisotopic (exact) mass is 261 g/mol. The number of piperazine rings is 1. The van der Waals surface area contributed by atoms with Gasteiger partial charge in [0.05, 0.1) is 0 Å². The lowest BCUT2D eigenvalue weighted by Gasteiger charge is -2.35. The third kappa shape index (κ3) is 4.03. The van der Waals surface area contributed by atoms with Crippen LogP contribution in [-0.2, 0) is 0 Å². The largest absolute Gasteiger partial charge is 0.311 e. The van der Waals surface area contributed by atoms with Gasteiger partial charge in [0.1, 0.15) is 0 Å². The smallest absolute Gasteiger partial charge is 0.0357 e. The highest BCUT2D eigenvalue weighted by Crippen LogP contribution is 2.24. The molecular weight excluding hydrogens is 234 g/mol. The molecule has 1 saturated heterocycles. The molecule has 0 spiro atoms. The van der Waals surface area contributed by atoms with Gasteiger partial charge in [-0.2, -0.15) is 0 Å². The number of nitrogens with zero attached hydrogens (tertiary/aromatic N) is 2. The summed E-state index contributed by atoms with van der Waals surface area (Å²) in [6, 6.07) is 10.1. The lowest BCUT2D eigenvalue weighted by molar-refractivity contribution is 0.190. The summed E-state index contributed by atoms with van der Waals surface area (Å²) >= 11 is 0. The zero-order valence-electron chi connectivity index (χ0n) is 12.7. The van der Waals surface area contributed by atoms with Gasteiger partial charge < -0.3 is 15.1 Å². The summed E-state index contributed by atoms with van der Waals surface area (Å²) in [5, 5.41) is 3.65. The van der Waals surface area contributed by atoms with Crippen molar-refractivity contribution in [3.05, 3.63) is 35.4 Å². The standard InChI is InChI=1S/C16H27N3/c1-13-5-7-14(8-6-13)16(18(2)3)11-15-12-19(4)10-9-17-15/h5-8,15-17H,9-12H2,1-4H3. The van der Waals surface area contributed by atoms with Gasteiger partial charge in [-0.3, -0.25) is 0 Å². The van der Waals surface area contributed by atoms with Gasteiger partial charge >= 0.3 is 0 Å². The molecular formula is C16H27N3. The minimum Gasteiger partial charge on any atom is -0.311 e. The third-order valence-corrected chi connectivity index (χ3v) is 4.05. The van der Waals surface area contributed by atoms with Crippen molar-refractivity contribution in [3.63, 3.8) is 0 Å². The van der Waals surface area contributed by atoms with Gasteiger partial charge in [-0.05, 0) is 40.1 Å². The summed E-state index contributed by atoms with van der Waals surface area (Å²) in [6.07, 6.45) is 1.17. The van der Waals surface area contributed by atoms with Gasteiger partial charge in [0.15, 0.2) is 0 Å². The van der Waals surface area contributed by atoms with Crippen molar-refractivity contribution in [1.29, 1.82) is 0 Å². The van der Waals surface area contributed by atoms with Crippen molar-refractivity contribution < 1.29 is 0 Å². The van der Waals surface area contributed by atoms with Crippen molar-refractivity contribution >= 4 is 0 Å². The van der Waals surface area contributed by atoms with E-state index in [0.29, 0.717) is 12.1 Å². The molecule has 1 aromatic rings. The second-order valence-corrected chi connectivity index (χ2v) is 6.04. The van der Waals surface area contributed by atoms with Crippen molar-refractivity contribution in [2.45, 2.75) is 25.4 Å². The van der Waals surface area contributed by atoms with Gasteiger partial charge in [-0.25, -0.2) is 0 Å². The Morgan fingerprint density at radius 1 is 1.32 bits per heavy atom. The maximum absolute atomic E-state index is 3.65. The Hall–Kier alpha value is -0.900. The van der Waals surface area contributed by atoms with Gasteiger partial charge in [-0.1, -0.05) is 29.8 Å². The normalized spacial score (nSPS) is 22.7. The Labute approximate surface area is 117 Å². The van der Waals surface area contributed by atoms with Crippen LogP contribution in [0.4, 0.5) is 0 Å². The van der Waals surface area contributed by atoms with Crippen LogP contribution in [-0.4, -0.2) is 56.6 Å². The molecule has 0 radical (unpaired) electrons. The quantitative estimate of drug-likeness (QED) is 0.893. The highest BCUT2D eigenvalue weighted by atomic mass is 15.2. The summed E-state index contributed by atoms with van der Waals surface area (Å²) in [7, 11) is 6.57. The van der Waals surface area contributed by atoms with Crippen molar-refractivity contribution in [2.24, 2.45) is 0 Å². The summed E-state index contributed by atoms with van der Waals surface area (Å²) in [5.41, 5.74) is 2.75. The van der Waals surface area contributed by atoms with E-state index in [2.05, 4.69) is 67.4 Å². The summed E-state index contributed by atoms with van der Waals surface area (Å²) in [4.78, 5) is 4.75. The zero-order valence-corrected chi connectivity index (χ0v) is 12.7. The molecule has 19 heavy (non-hydrogen) atoms. The SMILES string of the molecule is Cc1ccc(C(CC2CN(C)CCN2)N(C)C)cc1. The molecule has 2 unspecified atom stereocenters. The number of hydrogen-bond donors (Lipinski definition) is 1. The van der Waals surface area contributed by atoms with E-state index < -0.39 is 0 Å². The zero-order chi connectivity index (χ0) is 13.8. The molecule has 3 heteroatoms. The Kier molecular flexibility index (Phi) is 4.97. The Bertz CT molecular complexity index is 385. The molecule has 1 aliphatic rings. The van der Waals surface area contributed by atoms with E-state index in [1.807, 2.05) is 0 Å². The van der Waals surface area contributed by atoms with Gasteiger partial charge in [0.25, 0.3) is 0 Å². The molecule has 3 nitrogen and oxygen atoms in total. The minimum atomic E-state index is 0.490. The molecule has 2 atom stereocenters. The number of benzene rings is 1. The maximum atomic E-state index is 3.65. The second kappa shape index (κ2) is 6.51. The molecule has 1 aliphatic heterocycles. The van der Waals surface area contributed by atoms with Gasteiger partial charge in [0.2, 0.25) is 0 Å². The summed E-state index contributed by atoms with van der Waals surface area (Å²) in [5.74, 6) is 0. The fraction of sp³-hybridized carbons (Fsp3) is 0.625. The van der Waals surface area contributed by atoms with E-state index in [1.54, 1.807) is 0 Å². The average Bonchev–Trinajstić information content (AvgIpc) is 2.37. The first kappa shape index (κ1) is 14.5. The number of rotatable bonds is 4. The summed E-state index contributed by atoms with van der Waals surface area (Å²) < 4.78 is 0. The molecule has 1 fully saturated rings. The lowest BCUT2D eigenvalue weighted by atomic mass is 9.96.